The van der Waals surface area contributed by atoms with E-state index in [1.165, 1.54) is 6.08 Å². The monoisotopic (exact) mass is 170 g/mol. The first-order chi connectivity index (χ1) is 5.74. The summed E-state index contributed by atoms with van der Waals surface area (Å²) in [4.78, 5) is 10.9. The summed E-state index contributed by atoms with van der Waals surface area (Å²) in [5, 5.41) is 9.30. The molecule has 0 heterocycles. The van der Waals surface area contributed by atoms with Crippen molar-refractivity contribution in [2.24, 2.45) is 0 Å². The van der Waals surface area contributed by atoms with Crippen LogP contribution in [0.25, 0.3) is 0 Å². The largest absolute Gasteiger partial charge is 0.456 e. The molecule has 0 aromatic carbocycles. The lowest BCUT2D eigenvalue weighted by atomic mass is 10.2. The van der Waals surface area contributed by atoms with Gasteiger partial charge in [-0.05, 0) is 26.2 Å². The molecule has 0 unspecified atom stereocenters. The third kappa shape index (κ3) is 2.34. The van der Waals surface area contributed by atoms with Crippen molar-refractivity contribution in [3.8, 4) is 0 Å². The summed E-state index contributed by atoms with van der Waals surface area (Å²) in [7, 11) is 0. The van der Waals surface area contributed by atoms with Gasteiger partial charge in [0.25, 0.3) is 0 Å². The molecule has 0 aromatic heterocycles. The van der Waals surface area contributed by atoms with E-state index >= 15 is 0 Å². The third-order valence-corrected chi connectivity index (χ3v) is 1.99. The standard InChI is InChI=1S/C9H14O3/c1-2-4-9(11)12-8-6-3-5-7(8)10/h2,4,7-8,10H,3,5-6H2,1H3/b4-2+/t7-,8-/m1/s1. The number of aliphatic hydroxyl groups excluding tert-OH is 1. The molecular weight excluding hydrogens is 156 g/mol. The molecule has 1 fully saturated rings. The summed E-state index contributed by atoms with van der Waals surface area (Å²) in [6, 6.07) is 0. The van der Waals surface area contributed by atoms with Gasteiger partial charge in [0, 0.05) is 6.08 Å². The molecule has 1 rings (SSSR count). The smallest absolute Gasteiger partial charge is 0.330 e. The highest BCUT2D eigenvalue weighted by molar-refractivity contribution is 5.81. The second-order valence-corrected chi connectivity index (χ2v) is 2.97. The maximum Gasteiger partial charge on any atom is 0.330 e. The summed E-state index contributed by atoms with van der Waals surface area (Å²) in [5.74, 6) is -0.358. The first-order valence-corrected chi connectivity index (χ1v) is 4.25. The quantitative estimate of drug-likeness (QED) is 0.497. The van der Waals surface area contributed by atoms with Gasteiger partial charge in [-0.15, -0.1) is 0 Å². The predicted molar refractivity (Wildman–Crippen MR) is 44.6 cm³/mol. The van der Waals surface area contributed by atoms with Crippen molar-refractivity contribution in [3.05, 3.63) is 12.2 Å². The minimum absolute atomic E-state index is 0.284. The SMILES string of the molecule is C/C=C/C(=O)O[C@@H]1CCC[C@H]1O. The topological polar surface area (TPSA) is 46.5 Å². The summed E-state index contributed by atoms with van der Waals surface area (Å²) in [6.45, 7) is 1.76. The van der Waals surface area contributed by atoms with E-state index in [1.54, 1.807) is 13.0 Å². The Labute approximate surface area is 72.0 Å². The van der Waals surface area contributed by atoms with Crippen LogP contribution in [0.2, 0.25) is 0 Å². The Morgan fingerprint density at radius 3 is 2.83 bits per heavy atom. The van der Waals surface area contributed by atoms with Crippen LogP contribution in [0.5, 0.6) is 0 Å². The van der Waals surface area contributed by atoms with Gasteiger partial charge in [0.05, 0.1) is 6.10 Å². The van der Waals surface area contributed by atoms with Crippen LogP contribution in [-0.4, -0.2) is 23.3 Å². The lowest BCUT2D eigenvalue weighted by molar-refractivity contribution is -0.147. The van der Waals surface area contributed by atoms with E-state index in [1.807, 2.05) is 0 Å². The fourth-order valence-corrected chi connectivity index (χ4v) is 1.37. The van der Waals surface area contributed by atoms with Gasteiger partial charge in [-0.1, -0.05) is 6.08 Å². The van der Waals surface area contributed by atoms with E-state index in [0.717, 1.165) is 19.3 Å². The molecule has 0 aliphatic heterocycles. The summed E-state index contributed by atoms with van der Waals surface area (Å²) in [5.41, 5.74) is 0. The van der Waals surface area contributed by atoms with Crippen LogP contribution in [-0.2, 0) is 9.53 Å². The van der Waals surface area contributed by atoms with Gasteiger partial charge in [-0.3, -0.25) is 0 Å². The van der Waals surface area contributed by atoms with Crippen LogP contribution in [0.1, 0.15) is 26.2 Å². The number of rotatable bonds is 2. The van der Waals surface area contributed by atoms with E-state index in [4.69, 9.17) is 4.74 Å². The number of hydrogen-bond donors (Lipinski definition) is 1. The highest BCUT2D eigenvalue weighted by atomic mass is 16.6. The van der Waals surface area contributed by atoms with Crippen molar-refractivity contribution in [2.75, 3.05) is 0 Å². The van der Waals surface area contributed by atoms with E-state index in [9.17, 15) is 9.90 Å². The molecular formula is C9H14O3. The lowest BCUT2D eigenvalue weighted by Gasteiger charge is -2.13. The van der Waals surface area contributed by atoms with Crippen molar-refractivity contribution in [1.29, 1.82) is 0 Å². The van der Waals surface area contributed by atoms with E-state index in [-0.39, 0.29) is 12.1 Å². The van der Waals surface area contributed by atoms with E-state index in [2.05, 4.69) is 0 Å². The normalized spacial score (nSPS) is 29.5. The molecule has 1 N–H and O–H groups in total. The van der Waals surface area contributed by atoms with Crippen molar-refractivity contribution >= 4 is 5.97 Å². The molecule has 0 aromatic rings. The summed E-state index contributed by atoms with van der Waals surface area (Å²) >= 11 is 0. The number of aliphatic hydroxyl groups is 1. The van der Waals surface area contributed by atoms with Crippen molar-refractivity contribution in [1.82, 2.24) is 0 Å². The molecule has 0 spiro atoms. The van der Waals surface area contributed by atoms with Gasteiger partial charge in [0.15, 0.2) is 0 Å². The van der Waals surface area contributed by atoms with Gasteiger partial charge in [0.2, 0.25) is 0 Å². The average molecular weight is 170 g/mol. The van der Waals surface area contributed by atoms with Crippen LogP contribution in [0.3, 0.4) is 0 Å². The second kappa shape index (κ2) is 4.26. The number of carbonyl (C=O) groups excluding carboxylic acids is 1. The molecule has 1 aliphatic carbocycles. The highest BCUT2D eigenvalue weighted by Crippen LogP contribution is 2.21. The lowest BCUT2D eigenvalue weighted by Crippen LogP contribution is -2.24. The molecule has 0 radical (unpaired) electrons. The first kappa shape index (κ1) is 9.26. The van der Waals surface area contributed by atoms with Crippen LogP contribution in [0, 0.1) is 0 Å². The van der Waals surface area contributed by atoms with Gasteiger partial charge in [0.1, 0.15) is 6.10 Å². The zero-order valence-corrected chi connectivity index (χ0v) is 7.19. The minimum Gasteiger partial charge on any atom is -0.456 e. The molecule has 3 nitrogen and oxygen atoms in total. The Balaban J connectivity index is 2.35. The number of hydrogen-bond acceptors (Lipinski definition) is 3. The maximum atomic E-state index is 10.9. The van der Waals surface area contributed by atoms with Gasteiger partial charge in [-0.25, -0.2) is 4.79 Å². The van der Waals surface area contributed by atoms with E-state index < -0.39 is 6.10 Å². The second-order valence-electron chi connectivity index (χ2n) is 2.97. The maximum absolute atomic E-state index is 10.9. The molecule has 0 bridgehead atoms. The van der Waals surface area contributed by atoms with Crippen LogP contribution in [0.4, 0.5) is 0 Å². The molecule has 0 amide bonds. The number of ether oxygens (including phenoxy) is 1. The number of esters is 1. The van der Waals surface area contributed by atoms with Gasteiger partial charge < -0.3 is 9.84 Å². The highest BCUT2D eigenvalue weighted by Gasteiger charge is 2.27. The summed E-state index contributed by atoms with van der Waals surface area (Å²) < 4.78 is 4.99. The Kier molecular flexibility index (Phi) is 3.29. The number of allylic oxidation sites excluding steroid dienone is 1. The molecule has 12 heavy (non-hydrogen) atoms. The Morgan fingerprint density at radius 2 is 2.33 bits per heavy atom. The van der Waals surface area contributed by atoms with Crippen molar-refractivity contribution in [2.45, 2.75) is 38.4 Å². The van der Waals surface area contributed by atoms with E-state index in [0.29, 0.717) is 0 Å². The molecule has 3 heteroatoms. The van der Waals surface area contributed by atoms with Crippen molar-refractivity contribution in [3.63, 3.8) is 0 Å². The molecule has 1 aliphatic rings. The molecule has 2 atom stereocenters. The van der Waals surface area contributed by atoms with Crippen molar-refractivity contribution < 1.29 is 14.6 Å². The fraction of sp³-hybridized carbons (Fsp3) is 0.667. The van der Waals surface area contributed by atoms with Gasteiger partial charge in [-0.2, -0.15) is 0 Å². The number of carbonyl (C=O) groups is 1. The van der Waals surface area contributed by atoms with Crippen LogP contribution >= 0.6 is 0 Å². The Bertz CT molecular complexity index is 186. The minimum atomic E-state index is -0.459. The zero-order valence-electron chi connectivity index (χ0n) is 7.19. The first-order valence-electron chi connectivity index (χ1n) is 4.25. The summed E-state index contributed by atoms with van der Waals surface area (Å²) in [6.07, 6.45) is 4.72. The van der Waals surface area contributed by atoms with Crippen LogP contribution < -0.4 is 0 Å². The Hall–Kier alpha value is -0.830. The molecule has 68 valence electrons. The fourth-order valence-electron chi connectivity index (χ4n) is 1.37. The molecule has 0 saturated heterocycles. The predicted octanol–water partition coefficient (Wildman–Crippen LogP) is 1.02. The van der Waals surface area contributed by atoms with Gasteiger partial charge >= 0.3 is 5.97 Å². The van der Waals surface area contributed by atoms with Crippen LogP contribution in [0.15, 0.2) is 12.2 Å². The Morgan fingerprint density at radius 1 is 1.58 bits per heavy atom. The third-order valence-electron chi connectivity index (χ3n) is 1.99. The zero-order chi connectivity index (χ0) is 8.97. The average Bonchev–Trinajstić information content (AvgIpc) is 2.37. The molecule has 1 saturated carbocycles.